The summed E-state index contributed by atoms with van der Waals surface area (Å²) in [5, 5.41) is 28.3. The number of carbonyl (C=O) groups excluding carboxylic acids is 4. The van der Waals surface area contributed by atoms with Gasteiger partial charge in [-0.25, -0.2) is 0 Å². The lowest BCUT2D eigenvalue weighted by Gasteiger charge is -2.44. The summed E-state index contributed by atoms with van der Waals surface area (Å²) in [6.07, 6.45) is 5.61. The van der Waals surface area contributed by atoms with Crippen molar-refractivity contribution in [1.82, 2.24) is 9.80 Å². The zero-order valence-electron chi connectivity index (χ0n) is 26.1. The number of benzene rings is 1. The van der Waals surface area contributed by atoms with Crippen LogP contribution >= 0.6 is 0 Å². The molecule has 0 bridgehead atoms. The molecule has 3 fully saturated rings. The Kier molecular flexibility index (Phi) is 10.1. The monoisotopic (exact) mass is 638 g/mol. The number of nitrogens with zero attached hydrogens (tertiary/aromatic N) is 2. The summed E-state index contributed by atoms with van der Waals surface area (Å²) in [6, 6.07) is 4.91. The van der Waals surface area contributed by atoms with Gasteiger partial charge in [0.1, 0.15) is 0 Å². The van der Waals surface area contributed by atoms with Crippen LogP contribution in [0.25, 0.3) is 0 Å². The molecule has 4 amide bonds. The van der Waals surface area contributed by atoms with Crippen LogP contribution in [0.1, 0.15) is 82.6 Å². The predicted molar refractivity (Wildman–Crippen MR) is 162 cm³/mol. The second-order valence-electron chi connectivity index (χ2n) is 12.7. The summed E-state index contributed by atoms with van der Waals surface area (Å²) in [5.41, 5.74) is 1.53. The molecule has 2 aliphatic carbocycles. The van der Waals surface area contributed by atoms with Crippen LogP contribution in [0.2, 0.25) is 0 Å². The lowest BCUT2D eigenvalue weighted by atomic mass is 9.57. The molecule has 1 aromatic carbocycles. The Bertz CT molecular complexity index is 1440. The van der Waals surface area contributed by atoms with Crippen molar-refractivity contribution < 1.29 is 48.8 Å². The fraction of sp³-hybridized carbons (Fsp3) is 0.588. The minimum Gasteiger partial charge on any atom is -0.504 e. The van der Waals surface area contributed by atoms with Crippen molar-refractivity contribution in [3.05, 3.63) is 35.4 Å². The van der Waals surface area contributed by atoms with Crippen LogP contribution in [-0.4, -0.2) is 80.4 Å². The molecule has 5 rings (SSSR count). The highest BCUT2D eigenvalue weighted by molar-refractivity contribution is 6.08. The molecular formula is C34H42N2O10. The number of hydrogen-bond acceptors (Lipinski definition) is 8. The molecule has 4 aliphatic rings. The smallest absolute Gasteiger partial charge is 0.303 e. The Morgan fingerprint density at radius 3 is 1.96 bits per heavy atom. The number of unbranched alkanes of at least 4 members (excludes halogenated alkanes) is 4. The van der Waals surface area contributed by atoms with Gasteiger partial charge in [0, 0.05) is 31.8 Å². The molecule has 46 heavy (non-hydrogen) atoms. The number of ether oxygens (including phenoxy) is 1. The maximum absolute atomic E-state index is 14.0. The van der Waals surface area contributed by atoms with Crippen molar-refractivity contribution in [2.24, 2.45) is 29.6 Å². The van der Waals surface area contributed by atoms with E-state index in [2.05, 4.69) is 0 Å². The highest BCUT2D eigenvalue weighted by Crippen LogP contribution is 2.58. The minimum atomic E-state index is -0.895. The molecule has 2 aliphatic heterocycles. The lowest BCUT2D eigenvalue weighted by molar-refractivity contribution is -0.142. The number of phenols is 1. The van der Waals surface area contributed by atoms with Crippen LogP contribution in [0.15, 0.2) is 29.8 Å². The third-order valence-electron chi connectivity index (χ3n) is 10.0. The van der Waals surface area contributed by atoms with E-state index in [1.54, 1.807) is 19.1 Å². The molecule has 6 atom stereocenters. The highest BCUT2D eigenvalue weighted by Gasteiger charge is 2.61. The summed E-state index contributed by atoms with van der Waals surface area (Å²) in [4.78, 5) is 79.6. The lowest BCUT2D eigenvalue weighted by Crippen LogP contribution is -2.43. The van der Waals surface area contributed by atoms with E-state index in [1.165, 1.54) is 15.9 Å². The van der Waals surface area contributed by atoms with Gasteiger partial charge >= 0.3 is 11.9 Å². The molecule has 0 unspecified atom stereocenters. The number of carboxylic acid groups (broad SMARTS) is 2. The van der Waals surface area contributed by atoms with Gasteiger partial charge in [-0.3, -0.25) is 38.6 Å². The Morgan fingerprint density at radius 1 is 0.783 bits per heavy atom. The molecule has 12 heteroatoms. The fourth-order valence-electron chi connectivity index (χ4n) is 7.98. The second-order valence-corrected chi connectivity index (χ2v) is 12.7. The molecule has 12 nitrogen and oxygen atoms in total. The highest BCUT2D eigenvalue weighted by atomic mass is 16.5. The summed E-state index contributed by atoms with van der Waals surface area (Å²) < 4.78 is 5.65. The maximum atomic E-state index is 14.0. The molecule has 1 aromatic rings. The van der Waals surface area contributed by atoms with Gasteiger partial charge in [0.2, 0.25) is 23.6 Å². The Morgan fingerprint density at radius 2 is 1.37 bits per heavy atom. The van der Waals surface area contributed by atoms with Crippen LogP contribution in [0.5, 0.6) is 11.5 Å². The maximum Gasteiger partial charge on any atom is 0.303 e. The minimum absolute atomic E-state index is 0.0166. The number of carboxylic acids is 2. The molecule has 248 valence electrons. The number of hydrogen-bond donors (Lipinski definition) is 3. The van der Waals surface area contributed by atoms with Crippen molar-refractivity contribution in [2.45, 2.75) is 77.0 Å². The quantitative estimate of drug-likeness (QED) is 0.146. The summed E-state index contributed by atoms with van der Waals surface area (Å²) >= 11 is 0. The average Bonchev–Trinajstić information content (AvgIpc) is 3.40. The molecular weight excluding hydrogens is 596 g/mol. The number of allylic oxidation sites excluding steroid dienone is 2. The van der Waals surface area contributed by atoms with Crippen LogP contribution in [0.4, 0.5) is 0 Å². The first kappa shape index (κ1) is 33.2. The molecule has 0 radical (unpaired) electrons. The standard InChI is InChI=1S/C34H42N2O10/c1-2-46-25-17-19(11-14-24(25)37)28-20-12-13-21-29(33(44)35(31(21)42)15-7-3-5-9-26(38)39)22(20)18-23-30(28)34(45)36(32(23)43)16-8-4-6-10-27(40)41/h11-12,14,17,21-23,28-30,37H,2-10,13,15-16,18H2,1H3,(H,38,39)(H,40,41)/t21-,22+,23+,28-,29-,30+/m0/s1. The van der Waals surface area contributed by atoms with Crippen molar-refractivity contribution in [2.75, 3.05) is 19.7 Å². The number of carbonyl (C=O) groups is 6. The zero-order valence-corrected chi connectivity index (χ0v) is 26.1. The topological polar surface area (TPSA) is 179 Å². The van der Waals surface area contributed by atoms with Crippen molar-refractivity contribution in [1.29, 1.82) is 0 Å². The second kappa shape index (κ2) is 14.0. The van der Waals surface area contributed by atoms with Crippen molar-refractivity contribution in [3.8, 4) is 11.5 Å². The zero-order chi connectivity index (χ0) is 33.1. The fourth-order valence-corrected chi connectivity index (χ4v) is 7.98. The Balaban J connectivity index is 1.43. The van der Waals surface area contributed by atoms with E-state index >= 15 is 0 Å². The first-order valence-electron chi connectivity index (χ1n) is 16.3. The SMILES string of the molecule is CCOc1cc([C@H]2C3=CC[C@@H]4C(=O)N(CCCCCC(=O)O)C(=O)[C@@H]4[C@@H]3C[C@H]3C(=O)N(CCCCCC(=O)O)C(=O)[C@@H]23)ccc1O. The van der Waals surface area contributed by atoms with Gasteiger partial charge in [-0.2, -0.15) is 0 Å². The average molecular weight is 639 g/mol. The van der Waals surface area contributed by atoms with E-state index < -0.39 is 47.4 Å². The van der Waals surface area contributed by atoms with E-state index in [0.29, 0.717) is 57.1 Å². The van der Waals surface area contributed by atoms with E-state index in [1.807, 2.05) is 6.08 Å². The van der Waals surface area contributed by atoms with Crippen LogP contribution in [-0.2, 0) is 28.8 Å². The van der Waals surface area contributed by atoms with Gasteiger partial charge in [0.05, 0.1) is 30.3 Å². The van der Waals surface area contributed by atoms with Gasteiger partial charge in [-0.05, 0) is 69.1 Å². The van der Waals surface area contributed by atoms with Crippen LogP contribution in [0, 0.1) is 29.6 Å². The number of phenolic OH excluding ortho intramolecular Hbond substituents is 1. The van der Waals surface area contributed by atoms with Gasteiger partial charge < -0.3 is 20.1 Å². The number of imide groups is 2. The Hall–Kier alpha value is -4.22. The molecule has 0 aromatic heterocycles. The van der Waals surface area contributed by atoms with Gasteiger partial charge in [-0.15, -0.1) is 0 Å². The van der Waals surface area contributed by atoms with Gasteiger partial charge in [-0.1, -0.05) is 30.6 Å². The number of rotatable bonds is 15. The predicted octanol–water partition coefficient (Wildman–Crippen LogP) is 3.72. The summed E-state index contributed by atoms with van der Waals surface area (Å²) in [6.45, 7) is 2.49. The largest absolute Gasteiger partial charge is 0.504 e. The van der Waals surface area contributed by atoms with E-state index in [4.69, 9.17) is 14.9 Å². The third kappa shape index (κ3) is 6.39. The van der Waals surface area contributed by atoms with Crippen molar-refractivity contribution >= 4 is 35.6 Å². The molecule has 2 saturated heterocycles. The third-order valence-corrected chi connectivity index (χ3v) is 10.0. The normalized spacial score (nSPS) is 26.9. The number of amides is 4. The molecule has 1 saturated carbocycles. The van der Waals surface area contributed by atoms with Crippen molar-refractivity contribution in [3.63, 3.8) is 0 Å². The van der Waals surface area contributed by atoms with Crippen LogP contribution in [0.3, 0.4) is 0 Å². The summed E-state index contributed by atoms with van der Waals surface area (Å²) in [7, 11) is 0. The molecule has 2 heterocycles. The number of likely N-dealkylation sites (tertiary alicyclic amines) is 2. The first-order chi connectivity index (χ1) is 22.0. The first-order valence-corrected chi connectivity index (χ1v) is 16.3. The molecule has 3 N–H and O–H groups in total. The van der Waals surface area contributed by atoms with Gasteiger partial charge in [0.25, 0.3) is 0 Å². The Labute approximate surface area is 267 Å². The van der Waals surface area contributed by atoms with E-state index in [-0.39, 0.29) is 67.5 Å². The molecule has 0 spiro atoms. The summed E-state index contributed by atoms with van der Waals surface area (Å²) in [5.74, 6) is -6.37. The van der Waals surface area contributed by atoms with E-state index in [0.717, 1.165) is 5.57 Å². The number of fused-ring (bicyclic) bond motifs is 4. The van der Waals surface area contributed by atoms with E-state index in [9.17, 15) is 33.9 Å². The number of aromatic hydroxyl groups is 1. The number of aliphatic carboxylic acids is 2. The van der Waals surface area contributed by atoms with Gasteiger partial charge in [0.15, 0.2) is 11.5 Å². The van der Waals surface area contributed by atoms with Crippen LogP contribution < -0.4 is 4.74 Å².